The van der Waals surface area contributed by atoms with Crippen LogP contribution in [0.4, 0.5) is 0 Å². The second-order valence-corrected chi connectivity index (χ2v) is 5.03. The lowest BCUT2D eigenvalue weighted by Crippen LogP contribution is -2.12. The van der Waals surface area contributed by atoms with Crippen molar-refractivity contribution < 1.29 is 0 Å². The Morgan fingerprint density at radius 3 is 3.00 bits per heavy atom. The highest BCUT2D eigenvalue weighted by molar-refractivity contribution is 8.01. The van der Waals surface area contributed by atoms with Gasteiger partial charge >= 0.3 is 0 Å². The molecule has 1 aromatic rings. The van der Waals surface area contributed by atoms with Gasteiger partial charge in [0.2, 0.25) is 0 Å². The molecule has 0 bridgehead atoms. The smallest absolute Gasteiger partial charge is 0.150 e. The molecule has 0 aliphatic heterocycles. The predicted octanol–water partition coefficient (Wildman–Crippen LogP) is 2.14. The summed E-state index contributed by atoms with van der Waals surface area (Å²) in [5, 5.41) is 2.08. The molecule has 0 fully saturated rings. The summed E-state index contributed by atoms with van der Waals surface area (Å²) in [6, 6.07) is 0. The Bertz CT molecular complexity index is 235. The summed E-state index contributed by atoms with van der Waals surface area (Å²) in [5.41, 5.74) is 6.62. The van der Waals surface area contributed by atoms with E-state index in [1.165, 1.54) is 0 Å². The minimum absolute atomic E-state index is 0.583. The fourth-order valence-electron chi connectivity index (χ4n) is 0.680. The maximum atomic E-state index is 5.51. The van der Waals surface area contributed by atoms with E-state index in [9.17, 15) is 0 Å². The fraction of sp³-hybridized carbons (Fsp3) is 0.625. The first-order valence-corrected chi connectivity index (χ1v) is 5.84. The van der Waals surface area contributed by atoms with Gasteiger partial charge in [0.15, 0.2) is 0 Å². The van der Waals surface area contributed by atoms with Gasteiger partial charge in [-0.3, -0.25) is 0 Å². The molecule has 0 aliphatic carbocycles. The molecule has 68 valence electrons. The molecule has 2 N–H and O–H groups in total. The Morgan fingerprint density at radius 2 is 2.50 bits per heavy atom. The number of hydrogen-bond donors (Lipinski definition) is 1. The van der Waals surface area contributed by atoms with Gasteiger partial charge in [-0.25, -0.2) is 4.98 Å². The lowest BCUT2D eigenvalue weighted by molar-refractivity contribution is 0.675. The molecule has 1 rings (SSSR count). The maximum Gasteiger partial charge on any atom is 0.150 e. The average Bonchev–Trinajstić information content (AvgIpc) is 2.47. The zero-order valence-electron chi connectivity index (χ0n) is 7.41. The Balaban J connectivity index is 2.33. The van der Waals surface area contributed by atoms with E-state index in [1.807, 2.05) is 6.92 Å². The lowest BCUT2D eigenvalue weighted by atomic mass is 10.2. The van der Waals surface area contributed by atoms with Crippen LogP contribution in [0.1, 0.15) is 12.6 Å². The SMILES string of the molecule is Cc1csc(SCC(C)CN)n1. The molecule has 0 spiro atoms. The lowest BCUT2D eigenvalue weighted by Gasteiger charge is -2.04. The second kappa shape index (κ2) is 4.84. The molecule has 1 atom stereocenters. The van der Waals surface area contributed by atoms with E-state index in [4.69, 9.17) is 5.73 Å². The standard InChI is InChI=1S/C8H14N2S2/c1-6(3-9)4-11-8-10-7(2)5-12-8/h5-6H,3-4,9H2,1-2H3. The topological polar surface area (TPSA) is 38.9 Å². The van der Waals surface area contributed by atoms with E-state index in [-0.39, 0.29) is 0 Å². The van der Waals surface area contributed by atoms with Crippen molar-refractivity contribution in [2.24, 2.45) is 11.7 Å². The van der Waals surface area contributed by atoms with Crippen LogP contribution in [0.5, 0.6) is 0 Å². The first-order chi connectivity index (χ1) is 5.72. The Kier molecular flexibility index (Phi) is 4.05. The van der Waals surface area contributed by atoms with Gasteiger partial charge in [0.1, 0.15) is 4.34 Å². The molecule has 12 heavy (non-hydrogen) atoms. The van der Waals surface area contributed by atoms with Crippen LogP contribution in [0.3, 0.4) is 0 Å². The van der Waals surface area contributed by atoms with Crippen molar-refractivity contribution in [2.45, 2.75) is 18.2 Å². The van der Waals surface area contributed by atoms with Crippen molar-refractivity contribution in [3.8, 4) is 0 Å². The van der Waals surface area contributed by atoms with Crippen molar-refractivity contribution in [3.63, 3.8) is 0 Å². The molecular formula is C8H14N2S2. The van der Waals surface area contributed by atoms with Gasteiger partial charge in [0.05, 0.1) is 0 Å². The van der Waals surface area contributed by atoms with Crippen LogP contribution in [-0.2, 0) is 0 Å². The third kappa shape index (κ3) is 3.13. The first-order valence-electron chi connectivity index (χ1n) is 3.97. The number of thiazole rings is 1. The molecule has 0 radical (unpaired) electrons. The zero-order valence-corrected chi connectivity index (χ0v) is 9.04. The Morgan fingerprint density at radius 1 is 1.75 bits per heavy atom. The minimum Gasteiger partial charge on any atom is -0.330 e. The van der Waals surface area contributed by atoms with E-state index in [0.29, 0.717) is 5.92 Å². The van der Waals surface area contributed by atoms with Crippen LogP contribution in [0.25, 0.3) is 0 Å². The van der Waals surface area contributed by atoms with E-state index in [0.717, 1.165) is 22.3 Å². The van der Waals surface area contributed by atoms with Crippen molar-refractivity contribution in [1.82, 2.24) is 4.98 Å². The normalized spacial score (nSPS) is 13.2. The molecule has 1 heterocycles. The van der Waals surface area contributed by atoms with Crippen LogP contribution in [0, 0.1) is 12.8 Å². The van der Waals surface area contributed by atoms with Crippen molar-refractivity contribution in [2.75, 3.05) is 12.3 Å². The van der Waals surface area contributed by atoms with Crippen molar-refractivity contribution in [3.05, 3.63) is 11.1 Å². The highest BCUT2D eigenvalue weighted by Gasteiger charge is 2.03. The van der Waals surface area contributed by atoms with E-state index in [1.54, 1.807) is 23.1 Å². The van der Waals surface area contributed by atoms with Crippen LogP contribution in [0.15, 0.2) is 9.72 Å². The van der Waals surface area contributed by atoms with Crippen LogP contribution >= 0.6 is 23.1 Å². The number of aryl methyl sites for hydroxylation is 1. The first kappa shape index (κ1) is 10.0. The molecule has 0 aliphatic rings. The third-order valence-electron chi connectivity index (χ3n) is 1.49. The van der Waals surface area contributed by atoms with Gasteiger partial charge in [-0.15, -0.1) is 11.3 Å². The number of hydrogen-bond acceptors (Lipinski definition) is 4. The van der Waals surface area contributed by atoms with E-state index in [2.05, 4.69) is 17.3 Å². The quantitative estimate of drug-likeness (QED) is 0.760. The van der Waals surface area contributed by atoms with Crippen molar-refractivity contribution in [1.29, 1.82) is 0 Å². The van der Waals surface area contributed by atoms with Crippen LogP contribution < -0.4 is 5.73 Å². The minimum atomic E-state index is 0.583. The molecule has 1 aromatic heterocycles. The molecule has 0 saturated carbocycles. The molecular weight excluding hydrogens is 188 g/mol. The predicted molar refractivity (Wildman–Crippen MR) is 55.8 cm³/mol. The van der Waals surface area contributed by atoms with Crippen LogP contribution in [-0.4, -0.2) is 17.3 Å². The number of rotatable bonds is 4. The summed E-state index contributed by atoms with van der Waals surface area (Å²) in [7, 11) is 0. The highest BCUT2D eigenvalue weighted by Crippen LogP contribution is 2.23. The number of aromatic nitrogens is 1. The van der Waals surface area contributed by atoms with Gasteiger partial charge < -0.3 is 5.73 Å². The summed E-state index contributed by atoms with van der Waals surface area (Å²) in [6.45, 7) is 4.94. The van der Waals surface area contributed by atoms with Crippen molar-refractivity contribution >= 4 is 23.1 Å². The van der Waals surface area contributed by atoms with E-state index < -0.39 is 0 Å². The summed E-state index contributed by atoms with van der Waals surface area (Å²) in [6.07, 6.45) is 0. The van der Waals surface area contributed by atoms with Gasteiger partial charge in [-0.2, -0.15) is 0 Å². The molecule has 2 nitrogen and oxygen atoms in total. The summed E-state index contributed by atoms with van der Waals surface area (Å²) >= 11 is 3.51. The average molecular weight is 202 g/mol. The van der Waals surface area contributed by atoms with Gasteiger partial charge in [-0.05, 0) is 19.4 Å². The molecule has 0 amide bonds. The largest absolute Gasteiger partial charge is 0.330 e. The summed E-state index contributed by atoms with van der Waals surface area (Å²) in [4.78, 5) is 4.36. The van der Waals surface area contributed by atoms with Gasteiger partial charge in [0, 0.05) is 16.8 Å². The Labute approximate surface area is 81.6 Å². The number of nitrogens with two attached hydrogens (primary N) is 1. The number of thioether (sulfide) groups is 1. The fourth-order valence-corrected chi connectivity index (χ4v) is 2.59. The second-order valence-electron chi connectivity index (χ2n) is 2.91. The van der Waals surface area contributed by atoms with Gasteiger partial charge in [-0.1, -0.05) is 18.7 Å². The van der Waals surface area contributed by atoms with Gasteiger partial charge in [0.25, 0.3) is 0 Å². The highest BCUT2D eigenvalue weighted by atomic mass is 32.2. The summed E-state index contributed by atoms with van der Waals surface area (Å²) < 4.78 is 1.16. The van der Waals surface area contributed by atoms with Crippen LogP contribution in [0.2, 0.25) is 0 Å². The molecule has 0 aromatic carbocycles. The third-order valence-corrected chi connectivity index (χ3v) is 3.96. The number of nitrogens with zero attached hydrogens (tertiary/aromatic N) is 1. The van der Waals surface area contributed by atoms with E-state index >= 15 is 0 Å². The zero-order chi connectivity index (χ0) is 8.97. The summed E-state index contributed by atoms with van der Waals surface area (Å²) in [5.74, 6) is 1.66. The molecule has 4 heteroatoms. The molecule has 0 saturated heterocycles. The molecule has 1 unspecified atom stereocenters. The maximum absolute atomic E-state index is 5.51. The Hall–Kier alpha value is -0.0600. The monoisotopic (exact) mass is 202 g/mol.